The van der Waals surface area contributed by atoms with Crippen LogP contribution in [0.4, 0.5) is 0 Å². The summed E-state index contributed by atoms with van der Waals surface area (Å²) in [4.78, 5) is 39.0. The highest BCUT2D eigenvalue weighted by molar-refractivity contribution is 5.75. The third kappa shape index (κ3) is 3.77. The molecule has 0 atom stereocenters. The Balaban J connectivity index is 1.68. The first-order valence-electron chi connectivity index (χ1n) is 7.86. The number of benzene rings is 1. The highest BCUT2D eigenvalue weighted by Gasteiger charge is 2.16. The minimum atomic E-state index is -0.633. The van der Waals surface area contributed by atoms with Gasteiger partial charge in [0, 0.05) is 24.4 Å². The smallest absolute Gasteiger partial charge is 0.328 e. The first kappa shape index (κ1) is 17.3. The molecule has 9 nitrogen and oxygen atoms in total. The molecule has 2 aromatic heterocycles. The van der Waals surface area contributed by atoms with Gasteiger partial charge in [-0.15, -0.1) is 10.2 Å². The number of nitrogens with zero attached hydrogens (tertiary/aromatic N) is 4. The topological polar surface area (TPSA) is 114 Å². The maximum absolute atomic E-state index is 12.3. The number of carbonyl (C=O) groups excluding carboxylic acids is 1. The molecule has 0 aliphatic heterocycles. The predicted molar refractivity (Wildman–Crippen MR) is 92.3 cm³/mol. The number of hydrogen-bond donors (Lipinski definition) is 1. The number of rotatable bonds is 5. The van der Waals surface area contributed by atoms with Crippen molar-refractivity contribution in [1.82, 2.24) is 24.6 Å². The molecule has 0 saturated carbocycles. The Bertz CT molecular complexity index is 1040. The summed E-state index contributed by atoms with van der Waals surface area (Å²) in [6.45, 7) is 1.47. The number of amides is 1. The summed E-state index contributed by atoms with van der Waals surface area (Å²) in [6, 6.07) is 9.29. The van der Waals surface area contributed by atoms with Gasteiger partial charge < -0.3 is 9.32 Å². The molecular formula is C17H17N5O4. The number of H-pyrrole nitrogens is 1. The van der Waals surface area contributed by atoms with Gasteiger partial charge in [0.25, 0.3) is 5.56 Å². The summed E-state index contributed by atoms with van der Waals surface area (Å²) >= 11 is 0. The molecule has 0 saturated heterocycles. The van der Waals surface area contributed by atoms with Gasteiger partial charge in [0.2, 0.25) is 17.7 Å². The van der Waals surface area contributed by atoms with E-state index in [2.05, 4.69) is 15.2 Å². The number of aromatic amines is 1. The lowest BCUT2D eigenvalue weighted by Gasteiger charge is -2.15. The van der Waals surface area contributed by atoms with Crippen LogP contribution in [0.2, 0.25) is 0 Å². The van der Waals surface area contributed by atoms with Crippen LogP contribution in [0.5, 0.6) is 0 Å². The van der Waals surface area contributed by atoms with E-state index in [1.165, 1.54) is 11.1 Å². The van der Waals surface area contributed by atoms with Crippen molar-refractivity contribution in [2.24, 2.45) is 0 Å². The van der Waals surface area contributed by atoms with Gasteiger partial charge in [0.05, 0.1) is 6.54 Å². The van der Waals surface area contributed by atoms with Crippen LogP contribution in [-0.2, 0) is 17.9 Å². The Morgan fingerprint density at radius 1 is 1.23 bits per heavy atom. The van der Waals surface area contributed by atoms with Crippen molar-refractivity contribution < 1.29 is 9.21 Å². The minimum absolute atomic E-state index is 0.107. The second-order valence-corrected chi connectivity index (χ2v) is 5.82. The first-order valence-corrected chi connectivity index (χ1v) is 7.86. The fourth-order valence-corrected chi connectivity index (χ4v) is 2.31. The Morgan fingerprint density at radius 3 is 2.69 bits per heavy atom. The van der Waals surface area contributed by atoms with Crippen LogP contribution in [-0.4, -0.2) is 37.6 Å². The van der Waals surface area contributed by atoms with Crippen molar-refractivity contribution in [3.63, 3.8) is 0 Å². The highest BCUT2D eigenvalue weighted by Crippen LogP contribution is 2.17. The lowest BCUT2D eigenvalue weighted by atomic mass is 10.2. The molecule has 0 spiro atoms. The molecule has 0 fully saturated rings. The Labute approximate surface area is 147 Å². The van der Waals surface area contributed by atoms with Gasteiger partial charge >= 0.3 is 5.69 Å². The molecule has 3 rings (SSSR count). The maximum atomic E-state index is 12.3. The SMILES string of the molecule is Cc1cn(CC(=O)N(C)Cc2nnc(-c3ccccc3)o2)c(=O)[nH]c1=O. The first-order chi connectivity index (χ1) is 12.4. The fraction of sp³-hybridized carbons (Fsp3) is 0.235. The van der Waals surface area contributed by atoms with Crippen LogP contribution in [0.3, 0.4) is 0 Å². The molecular weight excluding hydrogens is 338 g/mol. The quantitative estimate of drug-likeness (QED) is 0.715. The average Bonchev–Trinajstić information content (AvgIpc) is 3.09. The normalized spacial score (nSPS) is 10.7. The van der Waals surface area contributed by atoms with Crippen molar-refractivity contribution in [2.75, 3.05) is 7.05 Å². The summed E-state index contributed by atoms with van der Waals surface area (Å²) in [5, 5.41) is 7.91. The zero-order valence-electron chi connectivity index (χ0n) is 14.3. The Kier molecular flexibility index (Phi) is 4.78. The number of likely N-dealkylation sites (N-methyl/N-ethyl adjacent to an activating group) is 1. The number of carbonyl (C=O) groups is 1. The standard InChI is InChI=1S/C17H17N5O4/c1-11-8-22(17(25)18-15(11)24)10-14(23)21(2)9-13-19-20-16(26-13)12-6-4-3-5-7-12/h3-8H,9-10H2,1-2H3,(H,18,24,25). The molecule has 0 bridgehead atoms. The molecule has 0 aliphatic carbocycles. The lowest BCUT2D eigenvalue weighted by molar-refractivity contribution is -0.131. The molecule has 9 heteroatoms. The Morgan fingerprint density at radius 2 is 1.96 bits per heavy atom. The van der Waals surface area contributed by atoms with Crippen molar-refractivity contribution in [3.8, 4) is 11.5 Å². The van der Waals surface area contributed by atoms with Gasteiger partial charge in [0.1, 0.15) is 6.54 Å². The zero-order valence-corrected chi connectivity index (χ0v) is 14.3. The van der Waals surface area contributed by atoms with E-state index in [9.17, 15) is 14.4 Å². The van der Waals surface area contributed by atoms with Crippen LogP contribution in [0, 0.1) is 6.92 Å². The Hall–Kier alpha value is -3.49. The minimum Gasteiger partial charge on any atom is -0.419 e. The summed E-state index contributed by atoms with van der Waals surface area (Å²) in [5.74, 6) is 0.316. The maximum Gasteiger partial charge on any atom is 0.328 e. The molecule has 3 aromatic rings. The van der Waals surface area contributed by atoms with Gasteiger partial charge in [-0.05, 0) is 19.1 Å². The van der Waals surface area contributed by atoms with Crippen molar-refractivity contribution in [2.45, 2.75) is 20.0 Å². The van der Waals surface area contributed by atoms with Gasteiger partial charge in [-0.25, -0.2) is 4.79 Å². The second kappa shape index (κ2) is 7.18. The lowest BCUT2D eigenvalue weighted by Crippen LogP contribution is -2.37. The largest absolute Gasteiger partial charge is 0.419 e. The van der Waals surface area contributed by atoms with Crippen LogP contribution < -0.4 is 11.2 Å². The molecule has 0 radical (unpaired) electrons. The van der Waals surface area contributed by atoms with Crippen molar-refractivity contribution >= 4 is 5.91 Å². The third-order valence-corrected chi connectivity index (χ3v) is 3.78. The summed E-state index contributed by atoms with van der Waals surface area (Å²) in [5.41, 5.74) is 0.0396. The third-order valence-electron chi connectivity index (χ3n) is 3.78. The number of hydrogen-bond acceptors (Lipinski definition) is 6. The van der Waals surface area contributed by atoms with E-state index in [0.717, 1.165) is 10.1 Å². The molecule has 1 amide bonds. The van der Waals surface area contributed by atoms with Crippen LogP contribution >= 0.6 is 0 Å². The summed E-state index contributed by atoms with van der Waals surface area (Å²) < 4.78 is 6.72. The number of nitrogens with one attached hydrogen (secondary N) is 1. The highest BCUT2D eigenvalue weighted by atomic mass is 16.4. The van der Waals surface area contributed by atoms with Crippen LogP contribution in [0.25, 0.3) is 11.5 Å². The van der Waals surface area contributed by atoms with E-state index in [1.807, 2.05) is 30.3 Å². The van der Waals surface area contributed by atoms with Crippen molar-refractivity contribution in [1.29, 1.82) is 0 Å². The average molecular weight is 355 g/mol. The number of aromatic nitrogens is 4. The molecule has 2 heterocycles. The van der Waals surface area contributed by atoms with Gasteiger partial charge in [-0.1, -0.05) is 18.2 Å². The van der Waals surface area contributed by atoms with Gasteiger partial charge in [0.15, 0.2) is 0 Å². The fourth-order valence-electron chi connectivity index (χ4n) is 2.31. The number of aryl methyl sites for hydroxylation is 1. The monoisotopic (exact) mass is 355 g/mol. The molecule has 26 heavy (non-hydrogen) atoms. The zero-order chi connectivity index (χ0) is 18.7. The van der Waals surface area contributed by atoms with E-state index < -0.39 is 11.2 Å². The summed E-state index contributed by atoms with van der Waals surface area (Å²) in [7, 11) is 1.57. The summed E-state index contributed by atoms with van der Waals surface area (Å²) in [6.07, 6.45) is 1.35. The van der Waals surface area contributed by atoms with Crippen LogP contribution in [0.1, 0.15) is 11.5 Å². The van der Waals surface area contributed by atoms with Crippen molar-refractivity contribution in [3.05, 3.63) is 68.8 Å². The predicted octanol–water partition coefficient (Wildman–Crippen LogP) is 0.554. The molecule has 0 unspecified atom stereocenters. The van der Waals surface area contributed by atoms with Gasteiger partial charge in [-0.2, -0.15) is 0 Å². The van der Waals surface area contributed by atoms with E-state index in [-0.39, 0.29) is 24.9 Å². The van der Waals surface area contributed by atoms with E-state index in [4.69, 9.17) is 4.42 Å². The molecule has 134 valence electrons. The van der Waals surface area contributed by atoms with Gasteiger partial charge in [-0.3, -0.25) is 19.1 Å². The molecule has 1 aromatic carbocycles. The van der Waals surface area contributed by atoms with Crippen LogP contribution in [0.15, 0.2) is 50.5 Å². The van der Waals surface area contributed by atoms with E-state index >= 15 is 0 Å². The van der Waals surface area contributed by atoms with E-state index in [0.29, 0.717) is 11.5 Å². The van der Waals surface area contributed by atoms with E-state index in [1.54, 1.807) is 14.0 Å². The second-order valence-electron chi connectivity index (χ2n) is 5.82. The molecule has 1 N–H and O–H groups in total. The molecule has 0 aliphatic rings.